The van der Waals surface area contributed by atoms with Gasteiger partial charge in [-0.1, -0.05) is 17.7 Å². The molecule has 0 aromatic heterocycles. The number of piperidine rings is 1. The van der Waals surface area contributed by atoms with Crippen molar-refractivity contribution in [3.05, 3.63) is 53.6 Å². The molecule has 2 aromatic rings. The zero-order valence-corrected chi connectivity index (χ0v) is 19.1. The molecule has 0 unspecified atom stereocenters. The summed E-state index contributed by atoms with van der Waals surface area (Å²) in [6.45, 7) is 5.33. The molecule has 1 atom stereocenters. The van der Waals surface area contributed by atoms with E-state index in [1.807, 2.05) is 32.0 Å². The molecule has 1 amide bonds. The Morgan fingerprint density at radius 1 is 1.16 bits per heavy atom. The van der Waals surface area contributed by atoms with Crippen LogP contribution in [0.25, 0.3) is 0 Å². The molecule has 3 rings (SSSR count). The van der Waals surface area contributed by atoms with Crippen LogP contribution < -0.4 is 14.8 Å². The quantitative estimate of drug-likeness (QED) is 0.631. The zero-order chi connectivity index (χ0) is 22.4. The number of carbonyl (C=O) groups is 1. The molecule has 0 aliphatic carbocycles. The van der Waals surface area contributed by atoms with E-state index in [-0.39, 0.29) is 23.3 Å². The number of ether oxygens (including phenoxy) is 2. The van der Waals surface area contributed by atoms with Crippen LogP contribution in [0.5, 0.6) is 11.5 Å². The number of nitrogens with zero attached hydrogens (tertiary/aromatic N) is 1. The molecule has 0 spiro atoms. The lowest BCUT2D eigenvalue weighted by atomic mass is 9.99. The highest BCUT2D eigenvalue weighted by Crippen LogP contribution is 2.25. The van der Waals surface area contributed by atoms with Crippen LogP contribution in [0.1, 0.15) is 24.0 Å². The van der Waals surface area contributed by atoms with E-state index in [0.717, 1.165) is 11.3 Å². The molecule has 0 bridgehead atoms. The van der Waals surface area contributed by atoms with Gasteiger partial charge in [0.2, 0.25) is 15.9 Å². The van der Waals surface area contributed by atoms with Crippen molar-refractivity contribution in [3.8, 4) is 11.5 Å². The summed E-state index contributed by atoms with van der Waals surface area (Å²) in [6.07, 6.45) is 1.31. The number of amides is 1. The molecule has 1 N–H and O–H groups in total. The summed E-state index contributed by atoms with van der Waals surface area (Å²) in [7, 11) is -2.12. The highest BCUT2D eigenvalue weighted by molar-refractivity contribution is 7.89. The number of hydrogen-bond donors (Lipinski definition) is 1. The Hall–Kier alpha value is -2.58. The van der Waals surface area contributed by atoms with Gasteiger partial charge < -0.3 is 14.8 Å². The summed E-state index contributed by atoms with van der Waals surface area (Å²) in [6, 6.07) is 12.3. The van der Waals surface area contributed by atoms with Gasteiger partial charge in [-0.05, 0) is 62.6 Å². The first kappa shape index (κ1) is 23.1. The number of nitrogens with one attached hydrogen (secondary N) is 1. The second-order valence-electron chi connectivity index (χ2n) is 7.79. The average Bonchev–Trinajstić information content (AvgIpc) is 2.78. The minimum absolute atomic E-state index is 0.140. The first-order valence-electron chi connectivity index (χ1n) is 10.4. The van der Waals surface area contributed by atoms with Crippen LogP contribution in [0.2, 0.25) is 0 Å². The summed E-state index contributed by atoms with van der Waals surface area (Å²) in [5.41, 5.74) is 2.22. The van der Waals surface area contributed by atoms with Crippen molar-refractivity contribution in [2.24, 2.45) is 5.92 Å². The van der Waals surface area contributed by atoms with Gasteiger partial charge in [0.25, 0.3) is 0 Å². The number of methoxy groups -OCH3 is 1. The lowest BCUT2D eigenvalue weighted by Gasteiger charge is -2.31. The maximum Gasteiger partial charge on any atom is 0.243 e. The normalized spacial score (nSPS) is 17.2. The largest absolute Gasteiger partial charge is 0.497 e. The third-order valence-corrected chi connectivity index (χ3v) is 7.32. The maximum absolute atomic E-state index is 13.0. The van der Waals surface area contributed by atoms with Gasteiger partial charge >= 0.3 is 0 Å². The van der Waals surface area contributed by atoms with Crippen LogP contribution in [0, 0.1) is 19.8 Å². The molecule has 1 heterocycles. The van der Waals surface area contributed by atoms with Gasteiger partial charge in [-0.2, -0.15) is 4.31 Å². The zero-order valence-electron chi connectivity index (χ0n) is 18.3. The van der Waals surface area contributed by atoms with Gasteiger partial charge in [-0.15, -0.1) is 0 Å². The van der Waals surface area contributed by atoms with Gasteiger partial charge in [0.05, 0.1) is 24.5 Å². The predicted molar refractivity (Wildman–Crippen MR) is 119 cm³/mol. The van der Waals surface area contributed by atoms with E-state index in [9.17, 15) is 13.2 Å². The Kier molecular flexibility index (Phi) is 7.56. The van der Waals surface area contributed by atoms with Crippen molar-refractivity contribution in [2.45, 2.75) is 31.6 Å². The predicted octanol–water partition coefficient (Wildman–Crippen LogP) is 2.91. The van der Waals surface area contributed by atoms with Crippen molar-refractivity contribution in [1.82, 2.24) is 9.62 Å². The van der Waals surface area contributed by atoms with Gasteiger partial charge in [-0.25, -0.2) is 8.42 Å². The van der Waals surface area contributed by atoms with Crippen molar-refractivity contribution in [1.29, 1.82) is 0 Å². The molecule has 7 nitrogen and oxygen atoms in total. The van der Waals surface area contributed by atoms with Gasteiger partial charge in [0, 0.05) is 13.1 Å². The fourth-order valence-electron chi connectivity index (χ4n) is 3.71. The average molecular weight is 447 g/mol. The van der Waals surface area contributed by atoms with E-state index in [2.05, 4.69) is 5.32 Å². The van der Waals surface area contributed by atoms with E-state index in [0.29, 0.717) is 38.3 Å². The second kappa shape index (κ2) is 10.2. The van der Waals surface area contributed by atoms with Crippen LogP contribution in [-0.2, 0) is 14.8 Å². The monoisotopic (exact) mass is 446 g/mol. The Balaban J connectivity index is 1.52. The molecule has 0 saturated carbocycles. The van der Waals surface area contributed by atoms with E-state index in [4.69, 9.17) is 9.47 Å². The Morgan fingerprint density at radius 2 is 1.90 bits per heavy atom. The SMILES string of the molecule is COc1ccc(S(=O)(=O)N2CCC[C@@H](C(=O)NCCOc3ccc(C)cc3C)C2)cc1. The first-order valence-corrected chi connectivity index (χ1v) is 11.9. The highest BCUT2D eigenvalue weighted by atomic mass is 32.2. The summed E-state index contributed by atoms with van der Waals surface area (Å²) in [5.74, 6) is 0.883. The summed E-state index contributed by atoms with van der Waals surface area (Å²) >= 11 is 0. The van der Waals surface area contributed by atoms with E-state index in [1.54, 1.807) is 12.1 Å². The van der Waals surface area contributed by atoms with E-state index >= 15 is 0 Å². The molecule has 8 heteroatoms. The molecular weight excluding hydrogens is 416 g/mol. The summed E-state index contributed by atoms with van der Waals surface area (Å²) in [5, 5.41) is 2.88. The Labute approximate surface area is 184 Å². The lowest BCUT2D eigenvalue weighted by Crippen LogP contribution is -2.45. The van der Waals surface area contributed by atoms with Crippen molar-refractivity contribution in [2.75, 3.05) is 33.4 Å². The first-order chi connectivity index (χ1) is 14.8. The standard InChI is InChI=1S/C23H30N2O5S/c1-17-6-11-22(18(2)15-17)30-14-12-24-23(26)19-5-4-13-25(16-19)31(27,28)21-9-7-20(29-3)8-10-21/h6-11,15,19H,4-5,12-14,16H2,1-3H3,(H,24,26)/t19-/m1/s1. The van der Waals surface area contributed by atoms with Crippen LogP contribution in [-0.4, -0.2) is 52.0 Å². The van der Waals surface area contributed by atoms with Crippen LogP contribution in [0.4, 0.5) is 0 Å². The van der Waals surface area contributed by atoms with Crippen LogP contribution in [0.15, 0.2) is 47.4 Å². The number of carbonyl (C=O) groups excluding carboxylic acids is 1. The van der Waals surface area contributed by atoms with Gasteiger partial charge in [-0.3, -0.25) is 4.79 Å². The molecule has 1 saturated heterocycles. The fourth-order valence-corrected chi connectivity index (χ4v) is 5.24. The van der Waals surface area contributed by atoms with E-state index < -0.39 is 10.0 Å². The molecular formula is C23H30N2O5S. The minimum atomic E-state index is -3.65. The number of benzene rings is 2. The molecule has 31 heavy (non-hydrogen) atoms. The number of rotatable bonds is 8. The van der Waals surface area contributed by atoms with Crippen molar-refractivity contribution in [3.63, 3.8) is 0 Å². The fraction of sp³-hybridized carbons (Fsp3) is 0.435. The highest BCUT2D eigenvalue weighted by Gasteiger charge is 2.33. The summed E-state index contributed by atoms with van der Waals surface area (Å²) in [4.78, 5) is 12.8. The molecule has 1 aliphatic heterocycles. The Morgan fingerprint density at radius 3 is 2.58 bits per heavy atom. The topological polar surface area (TPSA) is 84.9 Å². The van der Waals surface area contributed by atoms with Gasteiger partial charge in [0.1, 0.15) is 18.1 Å². The number of hydrogen-bond acceptors (Lipinski definition) is 5. The smallest absolute Gasteiger partial charge is 0.243 e. The van der Waals surface area contributed by atoms with Gasteiger partial charge in [0.15, 0.2) is 0 Å². The maximum atomic E-state index is 13.0. The summed E-state index contributed by atoms with van der Waals surface area (Å²) < 4.78 is 38.2. The third-order valence-electron chi connectivity index (χ3n) is 5.44. The van der Waals surface area contributed by atoms with Crippen LogP contribution in [0.3, 0.4) is 0 Å². The van der Waals surface area contributed by atoms with Crippen molar-refractivity contribution >= 4 is 15.9 Å². The molecule has 0 radical (unpaired) electrons. The molecule has 168 valence electrons. The minimum Gasteiger partial charge on any atom is -0.497 e. The van der Waals surface area contributed by atoms with E-state index in [1.165, 1.54) is 29.1 Å². The second-order valence-corrected chi connectivity index (χ2v) is 9.72. The Bertz CT molecular complexity index is 1010. The van der Waals surface area contributed by atoms with Crippen LogP contribution >= 0.6 is 0 Å². The third kappa shape index (κ3) is 5.77. The number of aryl methyl sites for hydroxylation is 2. The molecule has 1 aliphatic rings. The number of sulfonamides is 1. The molecule has 1 fully saturated rings. The van der Waals surface area contributed by atoms with Crippen molar-refractivity contribution < 1.29 is 22.7 Å². The lowest BCUT2D eigenvalue weighted by molar-refractivity contribution is -0.126. The molecule has 2 aromatic carbocycles.